The van der Waals surface area contributed by atoms with Crippen LogP contribution in [0.4, 0.5) is 0 Å². The fraction of sp³-hybridized carbons (Fsp3) is 0.462. The number of carbonyl (C=O) groups is 1. The number of carbonyl (C=O) groups excluding carboxylic acids is 1. The van der Waals surface area contributed by atoms with Crippen molar-refractivity contribution in [2.45, 2.75) is 29.5 Å². The summed E-state index contributed by atoms with van der Waals surface area (Å²) in [5.41, 5.74) is 0. The molecule has 0 bridgehead atoms. The van der Waals surface area contributed by atoms with Crippen molar-refractivity contribution in [3.8, 4) is 0 Å². The molecule has 1 fully saturated rings. The van der Waals surface area contributed by atoms with E-state index in [2.05, 4.69) is 15.4 Å². The molecule has 22 heavy (non-hydrogen) atoms. The number of benzene rings is 1. The van der Waals surface area contributed by atoms with E-state index in [4.69, 9.17) is 0 Å². The second-order valence-electron chi connectivity index (χ2n) is 4.89. The van der Waals surface area contributed by atoms with Crippen molar-refractivity contribution in [3.05, 3.63) is 30.3 Å². The van der Waals surface area contributed by atoms with Crippen molar-refractivity contribution in [3.63, 3.8) is 0 Å². The lowest BCUT2D eigenvalue weighted by Gasteiger charge is -2.32. The van der Waals surface area contributed by atoms with Crippen LogP contribution in [0.25, 0.3) is 0 Å². The number of amides is 1. The molecule has 122 valence electrons. The molecule has 1 saturated heterocycles. The highest BCUT2D eigenvalue weighted by molar-refractivity contribution is 7.99. The number of hydrogen-bond donors (Lipinski definition) is 4. The third-order valence-electron chi connectivity index (χ3n) is 3.16. The van der Waals surface area contributed by atoms with Gasteiger partial charge in [-0.15, -0.1) is 11.8 Å². The predicted molar refractivity (Wildman–Crippen MR) is 84.6 cm³/mol. The molecule has 1 aromatic rings. The number of aliphatic hydroxyl groups is 1. The first-order valence-electron chi connectivity index (χ1n) is 6.81. The van der Waals surface area contributed by atoms with Gasteiger partial charge in [0.05, 0.1) is 0 Å². The van der Waals surface area contributed by atoms with Crippen LogP contribution in [-0.4, -0.2) is 49.4 Å². The zero-order chi connectivity index (χ0) is 16.2. The molecular formula is C13H19N3O4S2. The largest absolute Gasteiger partial charge is 0.361 e. The molecule has 0 spiro atoms. The Morgan fingerprint density at radius 2 is 2.00 bits per heavy atom. The lowest BCUT2D eigenvalue weighted by molar-refractivity contribution is -0.127. The van der Waals surface area contributed by atoms with Gasteiger partial charge in [0.1, 0.15) is 0 Å². The van der Waals surface area contributed by atoms with E-state index in [1.807, 2.05) is 30.3 Å². The zero-order valence-corrected chi connectivity index (χ0v) is 13.7. The standard InChI is InChI=1S/C13H19N3O4S2/c1-9-11(12(17)16-13(18)15-9)22(19,20)14-7-8-21-10-5-3-2-4-6-10/h2-6,9,11,13-15,18H,7-8H2,1H3,(H,16,17). The van der Waals surface area contributed by atoms with Gasteiger partial charge >= 0.3 is 0 Å². The van der Waals surface area contributed by atoms with Crippen LogP contribution < -0.4 is 15.4 Å². The van der Waals surface area contributed by atoms with Gasteiger partial charge in [0, 0.05) is 23.2 Å². The van der Waals surface area contributed by atoms with Crippen molar-refractivity contribution in [1.29, 1.82) is 0 Å². The lowest BCUT2D eigenvalue weighted by Crippen LogP contribution is -2.66. The molecular weight excluding hydrogens is 326 g/mol. The molecule has 1 aliphatic rings. The maximum Gasteiger partial charge on any atom is 0.244 e. The van der Waals surface area contributed by atoms with Gasteiger partial charge in [-0.25, -0.2) is 13.1 Å². The summed E-state index contributed by atoms with van der Waals surface area (Å²) in [7, 11) is -3.81. The summed E-state index contributed by atoms with van der Waals surface area (Å²) < 4.78 is 26.9. The van der Waals surface area contributed by atoms with E-state index >= 15 is 0 Å². The van der Waals surface area contributed by atoms with Crippen molar-refractivity contribution in [1.82, 2.24) is 15.4 Å². The molecule has 0 saturated carbocycles. The highest BCUT2D eigenvalue weighted by Crippen LogP contribution is 2.16. The molecule has 1 aromatic carbocycles. The highest BCUT2D eigenvalue weighted by Gasteiger charge is 2.41. The number of sulfonamides is 1. The van der Waals surface area contributed by atoms with E-state index < -0.39 is 33.6 Å². The molecule has 1 heterocycles. The molecule has 7 nitrogen and oxygen atoms in total. The molecule has 9 heteroatoms. The maximum absolute atomic E-state index is 12.2. The van der Waals surface area contributed by atoms with E-state index in [0.717, 1.165) is 4.90 Å². The monoisotopic (exact) mass is 345 g/mol. The van der Waals surface area contributed by atoms with Gasteiger partial charge in [-0.3, -0.25) is 10.1 Å². The number of hydrogen-bond acceptors (Lipinski definition) is 6. The minimum atomic E-state index is -3.81. The Labute approximate surface area is 133 Å². The topological polar surface area (TPSA) is 108 Å². The number of nitrogens with one attached hydrogen (secondary N) is 3. The first-order chi connectivity index (χ1) is 10.4. The molecule has 4 N–H and O–H groups in total. The smallest absolute Gasteiger partial charge is 0.244 e. The predicted octanol–water partition coefficient (Wildman–Crippen LogP) is -0.549. The van der Waals surface area contributed by atoms with Gasteiger partial charge < -0.3 is 10.4 Å². The summed E-state index contributed by atoms with van der Waals surface area (Å²) in [5, 5.41) is 12.8. The van der Waals surface area contributed by atoms with Gasteiger partial charge in [0.2, 0.25) is 15.9 Å². The molecule has 3 unspecified atom stereocenters. The van der Waals surface area contributed by atoms with E-state index in [1.54, 1.807) is 6.92 Å². The number of rotatable bonds is 6. The molecule has 0 radical (unpaired) electrons. The minimum Gasteiger partial charge on any atom is -0.361 e. The van der Waals surface area contributed by atoms with Gasteiger partial charge in [0.25, 0.3) is 0 Å². The Hall–Kier alpha value is -1.13. The Morgan fingerprint density at radius 1 is 1.32 bits per heavy atom. The van der Waals surface area contributed by atoms with Crippen LogP contribution in [0.2, 0.25) is 0 Å². The first-order valence-corrected chi connectivity index (χ1v) is 9.34. The molecule has 0 aliphatic carbocycles. The summed E-state index contributed by atoms with van der Waals surface area (Å²) in [4.78, 5) is 12.8. The zero-order valence-electron chi connectivity index (χ0n) is 12.0. The van der Waals surface area contributed by atoms with Gasteiger partial charge in [-0.2, -0.15) is 0 Å². The third-order valence-corrected chi connectivity index (χ3v) is 6.07. The fourth-order valence-electron chi connectivity index (χ4n) is 2.19. The Morgan fingerprint density at radius 3 is 2.64 bits per heavy atom. The van der Waals surface area contributed by atoms with Gasteiger partial charge in [-0.05, 0) is 19.1 Å². The quantitative estimate of drug-likeness (QED) is 0.407. The van der Waals surface area contributed by atoms with Crippen molar-refractivity contribution >= 4 is 27.7 Å². The summed E-state index contributed by atoms with van der Waals surface area (Å²) in [6.07, 6.45) is -1.22. The summed E-state index contributed by atoms with van der Waals surface area (Å²) in [6.45, 7) is 1.77. The van der Waals surface area contributed by atoms with Gasteiger partial charge in [-0.1, -0.05) is 18.2 Å². The van der Waals surface area contributed by atoms with Crippen LogP contribution in [0.1, 0.15) is 6.92 Å². The average Bonchev–Trinajstić information content (AvgIpc) is 2.43. The number of thioether (sulfide) groups is 1. The summed E-state index contributed by atoms with van der Waals surface area (Å²) in [6, 6.07) is 8.96. The molecule has 0 aromatic heterocycles. The van der Waals surface area contributed by atoms with Crippen LogP contribution in [0.3, 0.4) is 0 Å². The summed E-state index contributed by atoms with van der Waals surface area (Å²) >= 11 is 1.53. The Kier molecular flexibility index (Phi) is 5.81. The van der Waals surface area contributed by atoms with Crippen LogP contribution >= 0.6 is 11.8 Å². The van der Waals surface area contributed by atoms with Crippen LogP contribution in [0.15, 0.2) is 35.2 Å². The van der Waals surface area contributed by atoms with E-state index in [-0.39, 0.29) is 6.54 Å². The minimum absolute atomic E-state index is 0.223. The second kappa shape index (κ2) is 7.42. The highest BCUT2D eigenvalue weighted by atomic mass is 32.2. The molecule has 2 rings (SSSR count). The van der Waals surface area contributed by atoms with Crippen molar-refractivity contribution in [2.24, 2.45) is 0 Å². The maximum atomic E-state index is 12.2. The molecule has 1 amide bonds. The van der Waals surface area contributed by atoms with Crippen molar-refractivity contribution in [2.75, 3.05) is 12.3 Å². The van der Waals surface area contributed by atoms with Crippen LogP contribution in [-0.2, 0) is 14.8 Å². The van der Waals surface area contributed by atoms with Crippen LogP contribution in [0, 0.1) is 0 Å². The fourth-order valence-corrected chi connectivity index (χ4v) is 4.64. The molecule has 1 aliphatic heterocycles. The lowest BCUT2D eigenvalue weighted by atomic mass is 10.2. The second-order valence-corrected chi connectivity index (χ2v) is 7.94. The molecule has 3 atom stereocenters. The SMILES string of the molecule is CC1NC(O)NC(=O)C1S(=O)(=O)NCCSc1ccccc1. The van der Waals surface area contributed by atoms with E-state index in [9.17, 15) is 18.3 Å². The summed E-state index contributed by atoms with van der Waals surface area (Å²) in [5.74, 6) is -0.149. The third kappa shape index (κ3) is 4.43. The average molecular weight is 345 g/mol. The van der Waals surface area contributed by atoms with Gasteiger partial charge in [0.15, 0.2) is 11.6 Å². The Bertz CT molecular complexity index is 609. The normalized spacial score (nSPS) is 25.7. The van der Waals surface area contributed by atoms with Crippen molar-refractivity contribution < 1.29 is 18.3 Å². The van der Waals surface area contributed by atoms with E-state index in [1.165, 1.54) is 11.8 Å². The first kappa shape index (κ1) is 17.2. The van der Waals surface area contributed by atoms with Crippen LogP contribution in [0.5, 0.6) is 0 Å². The Balaban J connectivity index is 1.87. The number of aliphatic hydroxyl groups excluding tert-OH is 1. The van der Waals surface area contributed by atoms with E-state index in [0.29, 0.717) is 5.75 Å².